The fourth-order valence-electron chi connectivity index (χ4n) is 3.46. The van der Waals surface area contributed by atoms with Crippen molar-refractivity contribution in [3.8, 4) is 0 Å². The van der Waals surface area contributed by atoms with Crippen molar-refractivity contribution in [1.29, 1.82) is 0 Å². The second-order valence-electron chi connectivity index (χ2n) is 6.51. The maximum absolute atomic E-state index is 10.6. The zero-order valence-electron chi connectivity index (χ0n) is 13.0. The molecular formula is C18H27NO2. The predicted octanol–water partition coefficient (Wildman–Crippen LogP) is 2.76. The number of aryl methyl sites for hydroxylation is 2. The third-order valence-electron chi connectivity index (χ3n) is 4.88. The summed E-state index contributed by atoms with van der Waals surface area (Å²) < 4.78 is 5.62. The summed E-state index contributed by atoms with van der Waals surface area (Å²) in [6.45, 7) is 3.77. The van der Waals surface area contributed by atoms with Crippen LogP contribution >= 0.6 is 0 Å². The Kier molecular flexibility index (Phi) is 4.94. The molecule has 1 aromatic carbocycles. The first-order valence-corrected chi connectivity index (χ1v) is 8.39. The van der Waals surface area contributed by atoms with Crippen molar-refractivity contribution in [2.45, 2.75) is 63.7 Å². The number of aliphatic hydroxyl groups excluding tert-OH is 1. The van der Waals surface area contributed by atoms with Crippen LogP contribution in [0, 0.1) is 0 Å². The van der Waals surface area contributed by atoms with Gasteiger partial charge in [-0.1, -0.05) is 18.2 Å². The highest BCUT2D eigenvalue weighted by molar-refractivity contribution is 5.35. The number of hydrogen-bond donors (Lipinski definition) is 2. The van der Waals surface area contributed by atoms with Crippen LogP contribution in [0.3, 0.4) is 0 Å². The highest BCUT2D eigenvalue weighted by Crippen LogP contribution is 2.26. The number of hydrogen-bond acceptors (Lipinski definition) is 3. The Morgan fingerprint density at radius 1 is 1.24 bits per heavy atom. The molecule has 1 saturated heterocycles. The first-order chi connectivity index (χ1) is 10.2. The number of aliphatic hydroxyl groups is 1. The lowest BCUT2D eigenvalue weighted by Crippen LogP contribution is -2.37. The maximum Gasteiger partial charge on any atom is 0.0940 e. The van der Waals surface area contributed by atoms with Crippen LogP contribution in [0.1, 0.15) is 55.4 Å². The minimum Gasteiger partial charge on any atom is -0.387 e. The lowest BCUT2D eigenvalue weighted by molar-refractivity contribution is 0.0910. The van der Waals surface area contributed by atoms with Crippen molar-refractivity contribution in [3.05, 3.63) is 34.9 Å². The molecule has 0 amide bonds. The number of ether oxygens (including phenoxy) is 1. The summed E-state index contributed by atoms with van der Waals surface area (Å²) in [6, 6.07) is 6.57. The Balaban J connectivity index is 1.59. The molecule has 3 unspecified atom stereocenters. The van der Waals surface area contributed by atoms with E-state index in [1.807, 2.05) is 0 Å². The minimum atomic E-state index is -0.446. The minimum absolute atomic E-state index is 0.0517. The molecule has 3 nitrogen and oxygen atoms in total. The Labute approximate surface area is 127 Å². The van der Waals surface area contributed by atoms with E-state index in [9.17, 15) is 5.11 Å². The van der Waals surface area contributed by atoms with E-state index < -0.39 is 6.10 Å². The molecule has 2 aliphatic rings. The number of benzene rings is 1. The number of rotatable bonds is 5. The van der Waals surface area contributed by atoms with Crippen molar-refractivity contribution in [1.82, 2.24) is 5.32 Å². The summed E-state index contributed by atoms with van der Waals surface area (Å²) in [5.74, 6) is 0. The van der Waals surface area contributed by atoms with Gasteiger partial charge in [-0.3, -0.25) is 0 Å². The Bertz CT molecular complexity index is 468. The largest absolute Gasteiger partial charge is 0.387 e. The Hall–Kier alpha value is -0.900. The molecule has 0 aromatic heterocycles. The molecule has 0 saturated carbocycles. The van der Waals surface area contributed by atoms with Gasteiger partial charge in [0.1, 0.15) is 0 Å². The summed E-state index contributed by atoms with van der Waals surface area (Å²) >= 11 is 0. The van der Waals surface area contributed by atoms with Gasteiger partial charge in [-0.05, 0) is 62.1 Å². The molecule has 1 fully saturated rings. The van der Waals surface area contributed by atoms with Gasteiger partial charge in [0.05, 0.1) is 12.2 Å². The van der Waals surface area contributed by atoms with Crippen LogP contribution < -0.4 is 5.32 Å². The van der Waals surface area contributed by atoms with Gasteiger partial charge < -0.3 is 15.2 Å². The first-order valence-electron chi connectivity index (χ1n) is 8.39. The molecule has 1 aliphatic heterocycles. The second kappa shape index (κ2) is 6.91. The van der Waals surface area contributed by atoms with Gasteiger partial charge >= 0.3 is 0 Å². The molecule has 1 aromatic rings. The molecule has 1 heterocycles. The van der Waals surface area contributed by atoms with Crippen LogP contribution in [0.4, 0.5) is 0 Å². The number of nitrogens with one attached hydrogen (secondary N) is 1. The van der Waals surface area contributed by atoms with Gasteiger partial charge in [-0.15, -0.1) is 0 Å². The van der Waals surface area contributed by atoms with E-state index in [2.05, 4.69) is 30.4 Å². The van der Waals surface area contributed by atoms with Crippen molar-refractivity contribution in [2.24, 2.45) is 0 Å². The van der Waals surface area contributed by atoms with Crippen molar-refractivity contribution < 1.29 is 9.84 Å². The first kappa shape index (κ1) is 15.0. The van der Waals surface area contributed by atoms with Gasteiger partial charge in [-0.25, -0.2) is 0 Å². The van der Waals surface area contributed by atoms with Crippen LogP contribution in [-0.2, 0) is 17.6 Å². The van der Waals surface area contributed by atoms with Gasteiger partial charge in [0, 0.05) is 19.2 Å². The van der Waals surface area contributed by atoms with Crippen molar-refractivity contribution in [3.63, 3.8) is 0 Å². The summed E-state index contributed by atoms with van der Waals surface area (Å²) in [5.41, 5.74) is 3.95. The van der Waals surface area contributed by atoms with Crippen molar-refractivity contribution >= 4 is 0 Å². The van der Waals surface area contributed by atoms with Crippen molar-refractivity contribution in [2.75, 3.05) is 13.2 Å². The summed E-state index contributed by atoms with van der Waals surface area (Å²) in [6.07, 6.45) is 7.10. The van der Waals surface area contributed by atoms with Crippen LogP contribution in [-0.4, -0.2) is 30.4 Å². The summed E-state index contributed by atoms with van der Waals surface area (Å²) in [4.78, 5) is 0. The average Bonchev–Trinajstić information content (AvgIpc) is 3.05. The molecule has 2 N–H and O–H groups in total. The van der Waals surface area contributed by atoms with Gasteiger partial charge in [0.25, 0.3) is 0 Å². The van der Waals surface area contributed by atoms with Crippen LogP contribution in [0.15, 0.2) is 18.2 Å². The highest BCUT2D eigenvalue weighted by atomic mass is 16.5. The molecule has 1 aliphatic carbocycles. The van der Waals surface area contributed by atoms with E-state index in [0.29, 0.717) is 6.10 Å². The smallest absolute Gasteiger partial charge is 0.0940 e. The van der Waals surface area contributed by atoms with E-state index in [-0.39, 0.29) is 6.04 Å². The SMILES string of the molecule is CC(NCC1CCCO1)C(O)c1ccc2c(c1)CCCC2. The average molecular weight is 289 g/mol. The topological polar surface area (TPSA) is 41.5 Å². The lowest BCUT2D eigenvalue weighted by atomic mass is 9.89. The zero-order chi connectivity index (χ0) is 14.7. The fourth-order valence-corrected chi connectivity index (χ4v) is 3.46. The summed E-state index contributed by atoms with van der Waals surface area (Å²) in [7, 11) is 0. The van der Waals surface area contributed by atoms with Crippen LogP contribution in [0.5, 0.6) is 0 Å². The van der Waals surface area contributed by atoms with E-state index in [0.717, 1.165) is 38.0 Å². The van der Waals surface area contributed by atoms with E-state index >= 15 is 0 Å². The molecular weight excluding hydrogens is 262 g/mol. The quantitative estimate of drug-likeness (QED) is 0.876. The third kappa shape index (κ3) is 3.65. The molecule has 3 heteroatoms. The highest BCUT2D eigenvalue weighted by Gasteiger charge is 2.21. The molecule has 3 rings (SSSR count). The standard InChI is InChI=1S/C18H27NO2/c1-13(19-12-17-7-4-10-21-17)18(20)16-9-8-14-5-2-3-6-15(14)11-16/h8-9,11,13,17-20H,2-7,10,12H2,1H3. The Morgan fingerprint density at radius 3 is 2.81 bits per heavy atom. The third-order valence-corrected chi connectivity index (χ3v) is 4.88. The maximum atomic E-state index is 10.6. The summed E-state index contributed by atoms with van der Waals surface area (Å²) in [5, 5.41) is 14.0. The molecule has 21 heavy (non-hydrogen) atoms. The molecule has 3 atom stereocenters. The monoisotopic (exact) mass is 289 g/mol. The molecule has 0 spiro atoms. The van der Waals surface area contributed by atoms with E-state index in [4.69, 9.17) is 4.74 Å². The molecule has 0 radical (unpaired) electrons. The van der Waals surface area contributed by atoms with Gasteiger partial charge in [0.15, 0.2) is 0 Å². The Morgan fingerprint density at radius 2 is 2.05 bits per heavy atom. The van der Waals surface area contributed by atoms with Gasteiger partial charge in [0.2, 0.25) is 0 Å². The predicted molar refractivity (Wildman–Crippen MR) is 84.5 cm³/mol. The molecule has 116 valence electrons. The van der Waals surface area contributed by atoms with E-state index in [1.54, 1.807) is 0 Å². The zero-order valence-corrected chi connectivity index (χ0v) is 13.0. The van der Waals surface area contributed by atoms with Crippen LogP contribution in [0.2, 0.25) is 0 Å². The normalized spacial score (nSPS) is 24.6. The van der Waals surface area contributed by atoms with Gasteiger partial charge in [-0.2, -0.15) is 0 Å². The fraction of sp³-hybridized carbons (Fsp3) is 0.667. The number of fused-ring (bicyclic) bond motifs is 1. The van der Waals surface area contributed by atoms with Crippen LogP contribution in [0.25, 0.3) is 0 Å². The lowest BCUT2D eigenvalue weighted by Gasteiger charge is -2.24. The van der Waals surface area contributed by atoms with E-state index in [1.165, 1.54) is 30.4 Å². The molecule has 0 bridgehead atoms. The second-order valence-corrected chi connectivity index (χ2v) is 6.51.